The van der Waals surface area contributed by atoms with Gasteiger partial charge in [-0.3, -0.25) is 0 Å². The van der Waals surface area contributed by atoms with Gasteiger partial charge in [0.1, 0.15) is 5.82 Å². The van der Waals surface area contributed by atoms with Gasteiger partial charge in [-0.25, -0.2) is 4.98 Å². The zero-order chi connectivity index (χ0) is 15.1. The highest BCUT2D eigenvalue weighted by Crippen LogP contribution is 2.15. The van der Waals surface area contributed by atoms with Crippen LogP contribution in [0.1, 0.15) is 24.6 Å². The molecule has 112 valence electrons. The molecule has 0 unspecified atom stereocenters. The van der Waals surface area contributed by atoms with E-state index in [9.17, 15) is 0 Å². The Bertz CT molecular complexity index is 554. The molecular formula is C17H22ClN3. The second-order valence-corrected chi connectivity index (χ2v) is 5.58. The lowest BCUT2D eigenvalue weighted by Crippen LogP contribution is -2.19. The first-order chi connectivity index (χ1) is 10.2. The van der Waals surface area contributed by atoms with Gasteiger partial charge >= 0.3 is 0 Å². The molecule has 0 saturated heterocycles. The van der Waals surface area contributed by atoms with Crippen molar-refractivity contribution in [3.63, 3.8) is 0 Å². The summed E-state index contributed by atoms with van der Waals surface area (Å²) in [6.07, 6.45) is 1.14. The summed E-state index contributed by atoms with van der Waals surface area (Å²) in [6.45, 7) is 4.82. The Morgan fingerprint density at radius 3 is 2.62 bits per heavy atom. The second-order valence-electron chi connectivity index (χ2n) is 5.15. The highest BCUT2D eigenvalue weighted by atomic mass is 35.5. The standard InChI is InChI=1S/C17H22ClN3/c1-3-11-19-12-16-5-4-6-17(20-16)21(2)13-14-7-9-15(18)10-8-14/h4-10,19H,3,11-13H2,1-2H3. The number of nitrogens with zero attached hydrogens (tertiary/aromatic N) is 2. The molecular weight excluding hydrogens is 282 g/mol. The molecule has 0 fully saturated rings. The smallest absolute Gasteiger partial charge is 0.128 e. The van der Waals surface area contributed by atoms with Crippen LogP contribution in [0.2, 0.25) is 5.02 Å². The van der Waals surface area contributed by atoms with Crippen LogP contribution < -0.4 is 10.2 Å². The normalized spacial score (nSPS) is 10.6. The van der Waals surface area contributed by atoms with E-state index in [-0.39, 0.29) is 0 Å². The summed E-state index contributed by atoms with van der Waals surface area (Å²) in [7, 11) is 2.06. The van der Waals surface area contributed by atoms with Crippen LogP contribution in [-0.4, -0.2) is 18.6 Å². The molecule has 0 saturated carbocycles. The average Bonchev–Trinajstić information content (AvgIpc) is 2.50. The van der Waals surface area contributed by atoms with Gasteiger partial charge in [-0.05, 0) is 42.8 Å². The summed E-state index contributed by atoms with van der Waals surface area (Å²) in [5, 5.41) is 4.14. The summed E-state index contributed by atoms with van der Waals surface area (Å²) in [5.74, 6) is 0.987. The first-order valence-electron chi connectivity index (χ1n) is 7.31. The van der Waals surface area contributed by atoms with E-state index >= 15 is 0 Å². The largest absolute Gasteiger partial charge is 0.355 e. The van der Waals surface area contributed by atoms with Crippen molar-refractivity contribution >= 4 is 17.4 Å². The van der Waals surface area contributed by atoms with E-state index in [0.717, 1.165) is 42.6 Å². The van der Waals surface area contributed by atoms with E-state index in [1.54, 1.807) is 0 Å². The molecule has 3 nitrogen and oxygen atoms in total. The van der Waals surface area contributed by atoms with E-state index in [2.05, 4.69) is 36.3 Å². The van der Waals surface area contributed by atoms with Gasteiger partial charge in [-0.1, -0.05) is 36.7 Å². The predicted octanol–water partition coefficient (Wildman–Crippen LogP) is 3.87. The number of rotatable bonds is 7. The van der Waals surface area contributed by atoms with Crippen LogP contribution in [0, 0.1) is 0 Å². The highest BCUT2D eigenvalue weighted by molar-refractivity contribution is 6.30. The Balaban J connectivity index is 1.99. The summed E-state index contributed by atoms with van der Waals surface area (Å²) < 4.78 is 0. The van der Waals surface area contributed by atoms with E-state index in [0.29, 0.717) is 0 Å². The fourth-order valence-corrected chi connectivity index (χ4v) is 2.24. The van der Waals surface area contributed by atoms with Gasteiger partial charge in [0.25, 0.3) is 0 Å². The molecule has 2 rings (SSSR count). The van der Waals surface area contributed by atoms with E-state index in [1.165, 1.54) is 5.56 Å². The van der Waals surface area contributed by atoms with E-state index < -0.39 is 0 Å². The molecule has 0 aliphatic heterocycles. The number of pyridine rings is 1. The maximum atomic E-state index is 5.91. The molecule has 1 heterocycles. The lowest BCUT2D eigenvalue weighted by atomic mass is 10.2. The predicted molar refractivity (Wildman–Crippen MR) is 89.8 cm³/mol. The Morgan fingerprint density at radius 2 is 1.90 bits per heavy atom. The van der Waals surface area contributed by atoms with Crippen LogP contribution in [0.15, 0.2) is 42.5 Å². The third-order valence-corrected chi connectivity index (χ3v) is 3.50. The van der Waals surface area contributed by atoms with Crippen molar-refractivity contribution in [2.75, 3.05) is 18.5 Å². The topological polar surface area (TPSA) is 28.2 Å². The van der Waals surface area contributed by atoms with Gasteiger partial charge in [0.05, 0.1) is 5.69 Å². The lowest BCUT2D eigenvalue weighted by Gasteiger charge is -2.19. The van der Waals surface area contributed by atoms with Crippen molar-refractivity contribution in [1.82, 2.24) is 10.3 Å². The number of nitrogens with one attached hydrogen (secondary N) is 1. The molecule has 0 bridgehead atoms. The Morgan fingerprint density at radius 1 is 1.14 bits per heavy atom. The van der Waals surface area contributed by atoms with Crippen molar-refractivity contribution in [2.24, 2.45) is 0 Å². The number of halogens is 1. The molecule has 0 radical (unpaired) electrons. The van der Waals surface area contributed by atoms with Gasteiger partial charge in [-0.15, -0.1) is 0 Å². The minimum absolute atomic E-state index is 0.767. The minimum atomic E-state index is 0.767. The summed E-state index contributed by atoms with van der Waals surface area (Å²) in [5.41, 5.74) is 2.29. The Hall–Kier alpha value is -1.58. The quantitative estimate of drug-likeness (QED) is 0.787. The van der Waals surface area contributed by atoms with Gasteiger partial charge < -0.3 is 10.2 Å². The Labute approximate surface area is 132 Å². The maximum Gasteiger partial charge on any atom is 0.128 e. The van der Waals surface area contributed by atoms with Gasteiger partial charge in [-0.2, -0.15) is 0 Å². The number of benzene rings is 1. The highest BCUT2D eigenvalue weighted by Gasteiger charge is 2.05. The second kappa shape index (κ2) is 8.01. The molecule has 1 N–H and O–H groups in total. The molecule has 4 heteroatoms. The van der Waals surface area contributed by atoms with E-state index in [4.69, 9.17) is 16.6 Å². The number of anilines is 1. The first kappa shape index (κ1) is 15.8. The molecule has 1 aromatic carbocycles. The summed E-state index contributed by atoms with van der Waals surface area (Å²) >= 11 is 5.91. The minimum Gasteiger partial charge on any atom is -0.355 e. The number of aromatic nitrogens is 1. The molecule has 0 atom stereocenters. The van der Waals surface area contributed by atoms with Crippen LogP contribution in [0.25, 0.3) is 0 Å². The molecule has 0 amide bonds. The lowest BCUT2D eigenvalue weighted by molar-refractivity contribution is 0.663. The van der Waals surface area contributed by atoms with E-state index in [1.807, 2.05) is 30.3 Å². The Kier molecular flexibility index (Phi) is 6.03. The van der Waals surface area contributed by atoms with Crippen molar-refractivity contribution in [3.05, 3.63) is 58.7 Å². The number of hydrogen-bond donors (Lipinski definition) is 1. The fourth-order valence-electron chi connectivity index (χ4n) is 2.12. The molecule has 21 heavy (non-hydrogen) atoms. The van der Waals surface area contributed by atoms with Gasteiger partial charge in [0.15, 0.2) is 0 Å². The van der Waals surface area contributed by atoms with Crippen LogP contribution in [-0.2, 0) is 13.1 Å². The third kappa shape index (κ3) is 5.03. The van der Waals surface area contributed by atoms with Gasteiger partial charge in [0.2, 0.25) is 0 Å². The summed E-state index contributed by atoms with van der Waals surface area (Å²) in [4.78, 5) is 6.84. The van der Waals surface area contributed by atoms with Crippen molar-refractivity contribution in [3.8, 4) is 0 Å². The fraction of sp³-hybridized carbons (Fsp3) is 0.353. The van der Waals surface area contributed by atoms with Crippen molar-refractivity contribution < 1.29 is 0 Å². The monoisotopic (exact) mass is 303 g/mol. The van der Waals surface area contributed by atoms with Crippen LogP contribution in [0.5, 0.6) is 0 Å². The SMILES string of the molecule is CCCNCc1cccc(N(C)Cc2ccc(Cl)cc2)n1. The van der Waals surface area contributed by atoms with Gasteiger partial charge in [0, 0.05) is 25.2 Å². The average molecular weight is 304 g/mol. The van der Waals surface area contributed by atoms with Crippen molar-refractivity contribution in [1.29, 1.82) is 0 Å². The molecule has 0 spiro atoms. The molecule has 0 aliphatic rings. The maximum absolute atomic E-state index is 5.91. The number of hydrogen-bond acceptors (Lipinski definition) is 3. The van der Waals surface area contributed by atoms with Crippen LogP contribution >= 0.6 is 11.6 Å². The zero-order valence-corrected chi connectivity index (χ0v) is 13.4. The third-order valence-electron chi connectivity index (χ3n) is 3.25. The van der Waals surface area contributed by atoms with Crippen molar-refractivity contribution in [2.45, 2.75) is 26.4 Å². The molecule has 1 aromatic heterocycles. The van der Waals surface area contributed by atoms with Crippen LogP contribution in [0.4, 0.5) is 5.82 Å². The first-order valence-corrected chi connectivity index (χ1v) is 7.69. The van der Waals surface area contributed by atoms with Crippen LogP contribution in [0.3, 0.4) is 0 Å². The molecule has 2 aromatic rings. The zero-order valence-electron chi connectivity index (χ0n) is 12.6. The summed E-state index contributed by atoms with van der Waals surface area (Å²) in [6, 6.07) is 14.1. The molecule has 0 aliphatic carbocycles.